The summed E-state index contributed by atoms with van der Waals surface area (Å²) < 4.78 is 70.2. The maximum atomic E-state index is 13.6. The van der Waals surface area contributed by atoms with E-state index in [0.29, 0.717) is 49.8 Å². The Bertz CT molecular complexity index is 1160. The molecule has 4 heterocycles. The van der Waals surface area contributed by atoms with Crippen molar-refractivity contribution in [3.8, 4) is 0 Å². The fourth-order valence-corrected chi connectivity index (χ4v) is 4.65. The molecule has 2 aliphatic rings. The van der Waals surface area contributed by atoms with E-state index in [2.05, 4.69) is 15.2 Å². The highest BCUT2D eigenvalue weighted by Gasteiger charge is 2.33. The summed E-state index contributed by atoms with van der Waals surface area (Å²) in [4.78, 5) is 20.3. The number of imidazole rings is 1. The lowest BCUT2D eigenvalue weighted by atomic mass is 10.0. The van der Waals surface area contributed by atoms with Gasteiger partial charge in [-0.15, -0.1) is 0 Å². The highest BCUT2D eigenvalue weighted by molar-refractivity contribution is 5.87. The van der Waals surface area contributed by atoms with Gasteiger partial charge >= 0.3 is 6.18 Å². The van der Waals surface area contributed by atoms with E-state index in [0.717, 1.165) is 25.1 Å². The maximum absolute atomic E-state index is 13.6. The second kappa shape index (κ2) is 9.95. The lowest BCUT2D eigenvalue weighted by Crippen LogP contribution is -2.51. The number of nitrogens with one attached hydrogen (secondary N) is 1. The van der Waals surface area contributed by atoms with Gasteiger partial charge in [-0.2, -0.15) is 13.2 Å². The molecular weight excluding hydrogens is 447 g/mol. The number of nitrogens with zero attached hydrogens (tertiary/aromatic N) is 4. The van der Waals surface area contributed by atoms with Crippen molar-refractivity contribution in [2.75, 3.05) is 44.6 Å². The van der Waals surface area contributed by atoms with Gasteiger partial charge in [0.05, 0.1) is 28.1 Å². The summed E-state index contributed by atoms with van der Waals surface area (Å²) in [6, 6.07) is 0.486. The van der Waals surface area contributed by atoms with Crippen LogP contribution in [0.25, 0.3) is 5.65 Å². The summed E-state index contributed by atoms with van der Waals surface area (Å²) in [5, 5.41) is 3.30. The molecule has 0 saturated carbocycles. The molecule has 2 aromatic heterocycles. The van der Waals surface area contributed by atoms with Crippen molar-refractivity contribution in [1.82, 2.24) is 19.2 Å². The monoisotopic (exact) mass is 482 g/mol. The van der Waals surface area contributed by atoms with Crippen LogP contribution in [0.3, 0.4) is 0 Å². The molecule has 0 aromatic carbocycles. The van der Waals surface area contributed by atoms with Gasteiger partial charge in [0.15, 0.2) is 5.65 Å². The van der Waals surface area contributed by atoms with Crippen LogP contribution >= 0.6 is 0 Å². The molecule has 34 heavy (non-hydrogen) atoms. The Labute approximate surface area is 201 Å². The number of amides is 1. The van der Waals surface area contributed by atoms with Gasteiger partial charge in [-0.25, -0.2) is 4.98 Å². The predicted octanol–water partition coefficient (Wildman–Crippen LogP) is 3.77. The van der Waals surface area contributed by atoms with Crippen LogP contribution in [0.1, 0.15) is 48.0 Å². The fourth-order valence-electron chi connectivity index (χ4n) is 4.65. The highest BCUT2D eigenvalue weighted by atomic mass is 19.4. The number of likely N-dealkylation sites (tertiary alicyclic amines) is 1. The second-order valence-corrected chi connectivity index (χ2v) is 9.26. The lowest BCUT2D eigenvalue weighted by Gasteiger charge is -2.38. The normalized spacial score (nSPS) is 21.9. The lowest BCUT2D eigenvalue weighted by molar-refractivity contribution is -0.138. The van der Waals surface area contributed by atoms with Crippen LogP contribution in [0.2, 0.25) is 0 Å². The molecule has 2 saturated heterocycles. The van der Waals surface area contributed by atoms with Gasteiger partial charge in [-0.3, -0.25) is 4.79 Å². The number of hydrogen-bond acceptors (Lipinski definition) is 5. The van der Waals surface area contributed by atoms with E-state index < -0.39 is 30.2 Å². The molecule has 2 fully saturated rings. The summed E-state index contributed by atoms with van der Waals surface area (Å²) in [5.41, 5.74) is 0.842. The van der Waals surface area contributed by atoms with Crippen LogP contribution in [0, 0.1) is 0 Å². The molecule has 1 N–H and O–H groups in total. The van der Waals surface area contributed by atoms with Crippen molar-refractivity contribution in [2.24, 2.45) is 0 Å². The van der Waals surface area contributed by atoms with Gasteiger partial charge in [-0.05, 0) is 30.9 Å². The van der Waals surface area contributed by atoms with Crippen molar-refractivity contribution in [3.05, 3.63) is 42.3 Å². The van der Waals surface area contributed by atoms with Gasteiger partial charge in [0.1, 0.15) is 0 Å². The molecule has 1 amide bonds. The molecule has 10 heteroatoms. The van der Waals surface area contributed by atoms with Crippen molar-refractivity contribution in [3.63, 3.8) is 0 Å². The number of pyridine rings is 1. The Hall–Kier alpha value is -2.59. The number of carbonyl (C=O) groups excluding carboxylic acids is 1. The molecule has 4 rings (SSSR count). The van der Waals surface area contributed by atoms with E-state index in [-0.39, 0.29) is 24.6 Å². The summed E-state index contributed by atoms with van der Waals surface area (Å²) in [5.74, 6) is -0.615. The zero-order valence-corrected chi connectivity index (χ0v) is 19.4. The number of fused-ring (bicyclic) bond motifs is 1. The number of morpholine rings is 1. The Morgan fingerprint density at radius 1 is 1.41 bits per heavy atom. The number of rotatable bonds is 6. The average Bonchev–Trinajstić information content (AvgIpc) is 3.29. The number of anilines is 1. The predicted molar refractivity (Wildman–Crippen MR) is 124 cm³/mol. The van der Waals surface area contributed by atoms with Crippen molar-refractivity contribution in [1.29, 1.82) is 0 Å². The number of carbonyl (C=O) groups is 1. The van der Waals surface area contributed by atoms with Crippen LogP contribution in [-0.2, 0) is 15.7 Å². The van der Waals surface area contributed by atoms with Gasteiger partial charge < -0.3 is 24.3 Å². The quantitative estimate of drug-likeness (QED) is 0.636. The van der Waals surface area contributed by atoms with Crippen molar-refractivity contribution < 1.29 is 26.8 Å². The number of halogens is 3. The number of ether oxygens (including phenoxy) is 1. The Morgan fingerprint density at radius 2 is 2.18 bits per heavy atom. The molecule has 7 nitrogen and oxygen atoms in total. The smallest absolute Gasteiger partial charge is 0.379 e. The second-order valence-electron chi connectivity index (χ2n) is 9.26. The number of aromatic nitrogens is 2. The van der Waals surface area contributed by atoms with Crippen molar-refractivity contribution >= 4 is 17.2 Å². The van der Waals surface area contributed by atoms with Gasteiger partial charge in [0.2, 0.25) is 5.91 Å². The van der Waals surface area contributed by atoms with E-state index >= 15 is 0 Å². The van der Waals surface area contributed by atoms with Crippen LogP contribution < -0.4 is 5.32 Å². The molecule has 2 aliphatic heterocycles. The standard InChI is InChI=1S/C24H32F3N5O2/c1-4-22(33)31-9-10-34-19(15-31)14-30-7-5-18(6-8-30)29-20-11-17(24(25,26)27)13-32-21(16(2)3)12-28-23(20)32/h4,11-13,16,18-19,29H,1,5-10,14-15H2,2-3H3/t19-/m0/s1/i1D2,4D. The minimum atomic E-state index is -4.47. The van der Waals surface area contributed by atoms with Crippen LogP contribution in [0.4, 0.5) is 18.9 Å². The summed E-state index contributed by atoms with van der Waals surface area (Å²) >= 11 is 0. The maximum Gasteiger partial charge on any atom is 0.417 e. The zero-order valence-electron chi connectivity index (χ0n) is 22.4. The Balaban J connectivity index is 1.38. The Kier molecular flexibility index (Phi) is 6.08. The summed E-state index contributed by atoms with van der Waals surface area (Å²) in [7, 11) is 0. The van der Waals surface area contributed by atoms with Gasteiger partial charge in [0.25, 0.3) is 0 Å². The van der Waals surface area contributed by atoms with E-state index in [1.807, 2.05) is 13.8 Å². The number of piperidine rings is 1. The molecule has 1 atom stereocenters. The molecule has 2 aromatic rings. The zero-order chi connectivity index (χ0) is 26.9. The van der Waals surface area contributed by atoms with Gasteiger partial charge in [0, 0.05) is 56.9 Å². The summed E-state index contributed by atoms with van der Waals surface area (Å²) in [6.07, 6.45) is -0.552. The highest BCUT2D eigenvalue weighted by Crippen LogP contribution is 2.34. The minimum absolute atomic E-state index is 0.0170. The molecule has 0 aliphatic carbocycles. The third-order valence-corrected chi connectivity index (χ3v) is 6.50. The van der Waals surface area contributed by atoms with E-state index in [1.165, 1.54) is 9.30 Å². The third kappa shape index (κ3) is 5.38. The number of alkyl halides is 3. The minimum Gasteiger partial charge on any atom is -0.379 e. The first-order valence-electron chi connectivity index (χ1n) is 13.1. The molecule has 0 unspecified atom stereocenters. The average molecular weight is 483 g/mol. The third-order valence-electron chi connectivity index (χ3n) is 6.50. The van der Waals surface area contributed by atoms with Crippen LogP contribution in [0.5, 0.6) is 0 Å². The van der Waals surface area contributed by atoms with E-state index in [1.54, 1.807) is 6.20 Å². The topological polar surface area (TPSA) is 62.1 Å². The fraction of sp³-hybridized carbons (Fsp3) is 0.583. The Morgan fingerprint density at radius 3 is 2.85 bits per heavy atom. The molecule has 0 spiro atoms. The molecule has 0 radical (unpaired) electrons. The van der Waals surface area contributed by atoms with Gasteiger partial charge in [-0.1, -0.05) is 20.4 Å². The van der Waals surface area contributed by atoms with Crippen molar-refractivity contribution in [2.45, 2.75) is 50.9 Å². The van der Waals surface area contributed by atoms with Crippen LogP contribution in [-0.4, -0.2) is 76.6 Å². The first-order chi connectivity index (χ1) is 17.4. The van der Waals surface area contributed by atoms with Crippen LogP contribution in [0.15, 0.2) is 31.0 Å². The molecular formula is C24H32F3N5O2. The SMILES string of the molecule is [2H]C([2H])=C([2H])C(=O)N1CCO[C@@H](CN2CCC(Nc3cc(C(F)(F)F)cn4c(C(C)C)cnc34)CC2)C1. The number of hydrogen-bond donors (Lipinski definition) is 1. The first-order valence-corrected chi connectivity index (χ1v) is 11.6. The van der Waals surface area contributed by atoms with E-state index in [4.69, 9.17) is 8.85 Å². The first kappa shape index (κ1) is 20.8. The molecule has 0 bridgehead atoms. The summed E-state index contributed by atoms with van der Waals surface area (Å²) in [6.45, 7) is 5.94. The molecule has 186 valence electrons. The largest absolute Gasteiger partial charge is 0.417 e. The van der Waals surface area contributed by atoms with E-state index in [9.17, 15) is 18.0 Å².